The molecule has 1 aromatic carbocycles. The van der Waals surface area contributed by atoms with Gasteiger partial charge in [0.25, 0.3) is 0 Å². The van der Waals surface area contributed by atoms with Crippen molar-refractivity contribution in [1.82, 2.24) is 5.32 Å². The van der Waals surface area contributed by atoms with Crippen molar-refractivity contribution in [2.45, 2.75) is 36.6 Å². The molecule has 1 saturated carbocycles. The van der Waals surface area contributed by atoms with Gasteiger partial charge in [-0.05, 0) is 37.8 Å². The fraction of sp³-hybridized carbons (Fsp3) is 0.533. The Morgan fingerprint density at radius 2 is 2.14 bits per heavy atom. The number of carbonyl (C=O) groups excluding carboxylic acids is 1. The Labute approximate surface area is 141 Å². The van der Waals surface area contributed by atoms with E-state index in [1.165, 1.54) is 12.8 Å². The van der Waals surface area contributed by atoms with E-state index >= 15 is 0 Å². The van der Waals surface area contributed by atoms with Gasteiger partial charge in [-0.1, -0.05) is 23.7 Å². The normalized spacial score (nSPS) is 16.7. The number of rotatable bonds is 7. The Morgan fingerprint density at radius 1 is 1.48 bits per heavy atom. The van der Waals surface area contributed by atoms with Crippen LogP contribution in [0.2, 0.25) is 5.02 Å². The van der Waals surface area contributed by atoms with Gasteiger partial charge >= 0.3 is 0 Å². The fourth-order valence-corrected chi connectivity index (χ4v) is 3.42. The summed E-state index contributed by atoms with van der Waals surface area (Å²) in [5.41, 5.74) is 5.57. The van der Waals surface area contributed by atoms with Crippen LogP contribution < -0.4 is 11.1 Å². The standard InChI is InChI=1S/C15H21ClN2OS.ClH/c1-15(10-17,11-6-7-11)18-14(19)8-9-20-13-5-3-2-4-12(13)16;/h2-5,11H,6-10,17H2,1H3,(H,18,19);1H. The third-order valence-electron chi connectivity index (χ3n) is 3.75. The van der Waals surface area contributed by atoms with E-state index in [1.807, 2.05) is 31.2 Å². The van der Waals surface area contributed by atoms with Crippen molar-refractivity contribution in [3.8, 4) is 0 Å². The molecule has 2 rings (SSSR count). The molecule has 1 amide bonds. The van der Waals surface area contributed by atoms with E-state index in [0.29, 0.717) is 18.9 Å². The largest absolute Gasteiger partial charge is 0.349 e. The topological polar surface area (TPSA) is 55.1 Å². The Bertz CT molecular complexity index is 482. The highest BCUT2D eigenvalue weighted by molar-refractivity contribution is 7.99. The molecule has 0 bridgehead atoms. The number of thioether (sulfide) groups is 1. The summed E-state index contributed by atoms with van der Waals surface area (Å²) in [5, 5.41) is 3.83. The van der Waals surface area contributed by atoms with Crippen LogP contribution >= 0.6 is 35.8 Å². The first-order chi connectivity index (χ1) is 9.55. The minimum atomic E-state index is -0.230. The van der Waals surface area contributed by atoms with Crippen molar-refractivity contribution in [3.05, 3.63) is 29.3 Å². The number of nitrogens with two attached hydrogens (primary N) is 1. The molecule has 0 saturated heterocycles. The monoisotopic (exact) mass is 348 g/mol. The van der Waals surface area contributed by atoms with Crippen LogP contribution in [0.15, 0.2) is 29.2 Å². The summed E-state index contributed by atoms with van der Waals surface area (Å²) in [6, 6.07) is 7.69. The summed E-state index contributed by atoms with van der Waals surface area (Å²) >= 11 is 7.69. The first-order valence-electron chi connectivity index (χ1n) is 6.93. The summed E-state index contributed by atoms with van der Waals surface area (Å²) in [5.74, 6) is 1.35. The molecule has 1 aromatic rings. The van der Waals surface area contributed by atoms with Crippen molar-refractivity contribution in [2.75, 3.05) is 12.3 Å². The number of halogens is 2. The van der Waals surface area contributed by atoms with Crippen LogP contribution in [0.3, 0.4) is 0 Å². The SMILES string of the molecule is CC(CN)(NC(=O)CCSc1ccccc1Cl)C1CC1.Cl. The lowest BCUT2D eigenvalue weighted by atomic mass is 9.96. The number of hydrogen-bond acceptors (Lipinski definition) is 3. The van der Waals surface area contributed by atoms with E-state index in [1.54, 1.807) is 11.8 Å². The van der Waals surface area contributed by atoms with Gasteiger partial charge in [-0.3, -0.25) is 4.79 Å². The van der Waals surface area contributed by atoms with E-state index in [2.05, 4.69) is 5.32 Å². The third kappa shape index (κ3) is 5.37. The molecule has 1 aliphatic rings. The summed E-state index contributed by atoms with van der Waals surface area (Å²) in [6.45, 7) is 2.55. The summed E-state index contributed by atoms with van der Waals surface area (Å²) < 4.78 is 0. The summed E-state index contributed by atoms with van der Waals surface area (Å²) in [4.78, 5) is 13.0. The molecule has 0 radical (unpaired) electrons. The minimum absolute atomic E-state index is 0. The molecule has 6 heteroatoms. The maximum Gasteiger partial charge on any atom is 0.221 e. The van der Waals surface area contributed by atoms with Crippen LogP contribution in [0.1, 0.15) is 26.2 Å². The quantitative estimate of drug-likeness (QED) is 0.741. The molecule has 3 N–H and O–H groups in total. The maximum atomic E-state index is 12.0. The second-order valence-electron chi connectivity index (χ2n) is 5.47. The number of carbonyl (C=O) groups is 1. The molecule has 1 atom stereocenters. The number of amides is 1. The third-order valence-corrected chi connectivity index (χ3v) is 5.27. The number of hydrogen-bond donors (Lipinski definition) is 2. The molecule has 1 aliphatic carbocycles. The van der Waals surface area contributed by atoms with Crippen LogP contribution in [-0.4, -0.2) is 23.7 Å². The molecule has 21 heavy (non-hydrogen) atoms. The minimum Gasteiger partial charge on any atom is -0.349 e. The molecular weight excluding hydrogens is 327 g/mol. The average Bonchev–Trinajstić information content (AvgIpc) is 3.25. The second-order valence-corrected chi connectivity index (χ2v) is 7.02. The summed E-state index contributed by atoms with van der Waals surface area (Å²) in [6.07, 6.45) is 2.82. The highest BCUT2D eigenvalue weighted by Crippen LogP contribution is 2.39. The first-order valence-corrected chi connectivity index (χ1v) is 8.30. The van der Waals surface area contributed by atoms with E-state index in [0.717, 1.165) is 15.7 Å². The van der Waals surface area contributed by atoms with Crippen LogP contribution in [0.5, 0.6) is 0 Å². The molecule has 1 unspecified atom stereocenters. The fourth-order valence-electron chi connectivity index (χ4n) is 2.24. The Hall–Kier alpha value is -0.420. The molecule has 0 spiro atoms. The zero-order valence-electron chi connectivity index (χ0n) is 12.1. The van der Waals surface area contributed by atoms with Crippen LogP contribution in [-0.2, 0) is 4.79 Å². The van der Waals surface area contributed by atoms with Crippen LogP contribution in [0.25, 0.3) is 0 Å². The molecule has 0 aliphatic heterocycles. The highest BCUT2D eigenvalue weighted by Gasteiger charge is 2.41. The van der Waals surface area contributed by atoms with E-state index in [4.69, 9.17) is 17.3 Å². The predicted octanol–water partition coefficient (Wildman–Crippen LogP) is 3.49. The highest BCUT2D eigenvalue weighted by atomic mass is 35.5. The van der Waals surface area contributed by atoms with Gasteiger partial charge in [0.15, 0.2) is 0 Å². The van der Waals surface area contributed by atoms with E-state index in [-0.39, 0.29) is 23.9 Å². The molecule has 118 valence electrons. The Balaban J connectivity index is 0.00000220. The second kappa shape index (κ2) is 8.28. The molecule has 1 fully saturated rings. The van der Waals surface area contributed by atoms with E-state index < -0.39 is 0 Å². The molecule has 0 heterocycles. The Morgan fingerprint density at radius 3 is 2.71 bits per heavy atom. The van der Waals surface area contributed by atoms with Gasteiger partial charge < -0.3 is 11.1 Å². The van der Waals surface area contributed by atoms with Crippen molar-refractivity contribution in [3.63, 3.8) is 0 Å². The molecule has 3 nitrogen and oxygen atoms in total. The van der Waals surface area contributed by atoms with Crippen molar-refractivity contribution >= 4 is 41.7 Å². The van der Waals surface area contributed by atoms with Crippen LogP contribution in [0.4, 0.5) is 0 Å². The lowest BCUT2D eigenvalue weighted by molar-refractivity contribution is -0.122. The van der Waals surface area contributed by atoms with Gasteiger partial charge in [-0.2, -0.15) is 0 Å². The molecule has 0 aromatic heterocycles. The zero-order chi connectivity index (χ0) is 14.6. The zero-order valence-corrected chi connectivity index (χ0v) is 14.5. The predicted molar refractivity (Wildman–Crippen MR) is 92.4 cm³/mol. The Kier molecular flexibility index (Phi) is 7.34. The first kappa shape index (κ1) is 18.6. The van der Waals surface area contributed by atoms with E-state index in [9.17, 15) is 4.79 Å². The summed E-state index contributed by atoms with van der Waals surface area (Å²) in [7, 11) is 0. The van der Waals surface area contributed by atoms with Gasteiger partial charge in [0.1, 0.15) is 0 Å². The van der Waals surface area contributed by atoms with Crippen molar-refractivity contribution in [2.24, 2.45) is 11.7 Å². The molecular formula is C15H22Cl2N2OS. The smallest absolute Gasteiger partial charge is 0.221 e. The van der Waals surface area contributed by atoms with Gasteiger partial charge in [-0.25, -0.2) is 0 Å². The van der Waals surface area contributed by atoms with Crippen molar-refractivity contribution in [1.29, 1.82) is 0 Å². The van der Waals surface area contributed by atoms with Crippen LogP contribution in [0, 0.1) is 5.92 Å². The number of nitrogens with one attached hydrogen (secondary N) is 1. The lowest BCUT2D eigenvalue weighted by Crippen LogP contribution is -2.53. The van der Waals surface area contributed by atoms with Gasteiger partial charge in [0.05, 0.1) is 10.6 Å². The maximum absolute atomic E-state index is 12.0. The average molecular weight is 349 g/mol. The number of benzene rings is 1. The van der Waals surface area contributed by atoms with Crippen molar-refractivity contribution < 1.29 is 4.79 Å². The lowest BCUT2D eigenvalue weighted by Gasteiger charge is -2.29. The van der Waals surface area contributed by atoms with Gasteiger partial charge in [0, 0.05) is 23.6 Å². The van der Waals surface area contributed by atoms with Gasteiger partial charge in [0.2, 0.25) is 5.91 Å². The van der Waals surface area contributed by atoms with Gasteiger partial charge in [-0.15, -0.1) is 24.2 Å².